The minimum absolute atomic E-state index is 0.558. The monoisotopic (exact) mass is 208 g/mol. The first-order valence-corrected chi connectivity index (χ1v) is 5.19. The molecular formula is C12H20N2O. The van der Waals surface area contributed by atoms with Crippen LogP contribution in [0, 0.1) is 0 Å². The smallest absolute Gasteiger partial charge is 0.146 e. The minimum Gasteiger partial charge on any atom is -0.345 e. The average Bonchev–Trinajstić information content (AvgIpc) is 2.26. The fraction of sp³-hybridized carbons (Fsp3) is 0.417. The van der Waals surface area contributed by atoms with E-state index in [4.69, 9.17) is 5.73 Å². The van der Waals surface area contributed by atoms with Crippen LogP contribution in [0.3, 0.4) is 0 Å². The first-order chi connectivity index (χ1) is 7.19. The molecule has 0 bridgehead atoms. The number of nitrogens with zero attached hydrogens (tertiary/aromatic N) is 1. The van der Waals surface area contributed by atoms with Crippen molar-refractivity contribution in [1.82, 2.24) is 4.90 Å². The lowest BCUT2D eigenvalue weighted by Crippen LogP contribution is -2.29. The van der Waals surface area contributed by atoms with Gasteiger partial charge in [-0.1, -0.05) is 27.0 Å². The summed E-state index contributed by atoms with van der Waals surface area (Å²) in [6, 6.07) is 0. The average molecular weight is 208 g/mol. The van der Waals surface area contributed by atoms with Gasteiger partial charge in [0.1, 0.15) is 6.29 Å². The van der Waals surface area contributed by atoms with Gasteiger partial charge in [0.15, 0.2) is 0 Å². The second-order valence-corrected chi connectivity index (χ2v) is 3.01. The molecule has 3 nitrogen and oxygen atoms in total. The molecule has 0 saturated heterocycles. The van der Waals surface area contributed by atoms with Crippen LogP contribution in [0.5, 0.6) is 0 Å². The van der Waals surface area contributed by atoms with Crippen LogP contribution in [0.1, 0.15) is 20.3 Å². The maximum absolute atomic E-state index is 10.5. The molecule has 1 heterocycles. The Hall–Kier alpha value is -1.35. The number of carbonyl (C=O) groups is 1. The third kappa shape index (κ3) is 3.72. The van der Waals surface area contributed by atoms with Crippen molar-refractivity contribution < 1.29 is 4.79 Å². The van der Waals surface area contributed by atoms with E-state index in [-0.39, 0.29) is 0 Å². The Bertz CT molecular complexity index is 279. The van der Waals surface area contributed by atoms with Gasteiger partial charge in [-0.3, -0.25) is 4.79 Å². The summed E-state index contributed by atoms with van der Waals surface area (Å²) in [5.74, 6) is 0. The Balaban J connectivity index is 0.000000921. The lowest BCUT2D eigenvalue weighted by Gasteiger charge is -2.30. The predicted molar refractivity (Wildman–Crippen MR) is 64.2 cm³/mol. The molecule has 2 N–H and O–H groups in total. The largest absolute Gasteiger partial charge is 0.345 e. The van der Waals surface area contributed by atoms with E-state index >= 15 is 0 Å². The molecule has 0 aromatic rings. The predicted octanol–water partition coefficient (Wildman–Crippen LogP) is 1.83. The topological polar surface area (TPSA) is 46.3 Å². The zero-order chi connectivity index (χ0) is 11.8. The van der Waals surface area contributed by atoms with E-state index in [0.717, 1.165) is 23.3 Å². The number of allylic oxidation sites excluding steroid dienone is 2. The van der Waals surface area contributed by atoms with E-state index in [0.29, 0.717) is 19.5 Å². The van der Waals surface area contributed by atoms with Gasteiger partial charge in [0.05, 0.1) is 0 Å². The van der Waals surface area contributed by atoms with Gasteiger partial charge in [0, 0.05) is 30.9 Å². The fourth-order valence-corrected chi connectivity index (χ4v) is 1.38. The molecule has 1 aliphatic heterocycles. The van der Waals surface area contributed by atoms with Gasteiger partial charge in [-0.05, 0) is 11.6 Å². The molecule has 0 saturated carbocycles. The summed E-state index contributed by atoms with van der Waals surface area (Å²) in [7, 11) is 0. The molecule has 0 fully saturated rings. The molecule has 0 aliphatic carbocycles. The number of rotatable bonds is 3. The molecular weight excluding hydrogens is 188 g/mol. The number of hydrogen-bond acceptors (Lipinski definition) is 3. The first-order valence-electron chi connectivity index (χ1n) is 5.19. The SMILES string of the molecule is C=C1C=C(C=O)CC(=C)N1CCN.CC. The Labute approximate surface area is 91.9 Å². The molecule has 0 amide bonds. The summed E-state index contributed by atoms with van der Waals surface area (Å²) in [6.45, 7) is 13.0. The van der Waals surface area contributed by atoms with Crippen molar-refractivity contribution in [3.63, 3.8) is 0 Å². The summed E-state index contributed by atoms with van der Waals surface area (Å²) in [4.78, 5) is 12.5. The molecule has 0 radical (unpaired) electrons. The van der Waals surface area contributed by atoms with Crippen LogP contribution in [-0.4, -0.2) is 24.3 Å². The van der Waals surface area contributed by atoms with Gasteiger partial charge >= 0.3 is 0 Å². The van der Waals surface area contributed by atoms with Crippen molar-refractivity contribution in [3.8, 4) is 0 Å². The zero-order valence-corrected chi connectivity index (χ0v) is 9.62. The summed E-state index contributed by atoms with van der Waals surface area (Å²) in [5, 5.41) is 0. The number of aldehydes is 1. The van der Waals surface area contributed by atoms with Crippen molar-refractivity contribution in [2.24, 2.45) is 5.73 Å². The third-order valence-corrected chi connectivity index (χ3v) is 1.99. The lowest BCUT2D eigenvalue weighted by atomic mass is 10.1. The van der Waals surface area contributed by atoms with E-state index in [1.54, 1.807) is 6.08 Å². The Morgan fingerprint density at radius 2 is 2.13 bits per heavy atom. The Kier molecular flexibility index (Phi) is 6.38. The normalized spacial score (nSPS) is 15.4. The summed E-state index contributed by atoms with van der Waals surface area (Å²) in [5.41, 5.74) is 7.85. The summed E-state index contributed by atoms with van der Waals surface area (Å²) < 4.78 is 0. The highest BCUT2D eigenvalue weighted by Crippen LogP contribution is 2.24. The first kappa shape index (κ1) is 13.7. The Morgan fingerprint density at radius 1 is 1.53 bits per heavy atom. The molecule has 84 valence electrons. The van der Waals surface area contributed by atoms with Crippen molar-refractivity contribution in [2.75, 3.05) is 13.1 Å². The highest BCUT2D eigenvalue weighted by atomic mass is 16.1. The van der Waals surface area contributed by atoms with E-state index < -0.39 is 0 Å². The highest BCUT2D eigenvalue weighted by Gasteiger charge is 2.16. The van der Waals surface area contributed by atoms with Crippen molar-refractivity contribution in [2.45, 2.75) is 20.3 Å². The van der Waals surface area contributed by atoms with Crippen LogP contribution in [0.4, 0.5) is 0 Å². The van der Waals surface area contributed by atoms with Gasteiger partial charge in [-0.2, -0.15) is 0 Å². The van der Waals surface area contributed by atoms with E-state index in [9.17, 15) is 4.79 Å². The van der Waals surface area contributed by atoms with Crippen LogP contribution in [-0.2, 0) is 4.79 Å². The van der Waals surface area contributed by atoms with Crippen molar-refractivity contribution in [3.05, 3.63) is 36.2 Å². The van der Waals surface area contributed by atoms with Gasteiger partial charge < -0.3 is 10.6 Å². The van der Waals surface area contributed by atoms with Crippen molar-refractivity contribution in [1.29, 1.82) is 0 Å². The number of nitrogens with two attached hydrogens (primary N) is 1. The van der Waals surface area contributed by atoms with Gasteiger partial charge in [0.2, 0.25) is 0 Å². The second kappa shape index (κ2) is 7.01. The molecule has 0 aromatic carbocycles. The van der Waals surface area contributed by atoms with Crippen LogP contribution >= 0.6 is 0 Å². The molecule has 0 atom stereocenters. The molecule has 1 rings (SSSR count). The van der Waals surface area contributed by atoms with Crippen LogP contribution in [0.15, 0.2) is 36.2 Å². The van der Waals surface area contributed by atoms with E-state index in [2.05, 4.69) is 13.2 Å². The van der Waals surface area contributed by atoms with E-state index in [1.165, 1.54) is 0 Å². The summed E-state index contributed by atoms with van der Waals surface area (Å²) >= 11 is 0. The van der Waals surface area contributed by atoms with Crippen LogP contribution in [0.2, 0.25) is 0 Å². The molecule has 15 heavy (non-hydrogen) atoms. The van der Waals surface area contributed by atoms with Crippen molar-refractivity contribution >= 4 is 6.29 Å². The molecule has 0 spiro atoms. The highest BCUT2D eigenvalue weighted by molar-refractivity contribution is 5.75. The van der Waals surface area contributed by atoms with Gasteiger partial charge in [-0.15, -0.1) is 0 Å². The fourth-order valence-electron chi connectivity index (χ4n) is 1.38. The second-order valence-electron chi connectivity index (χ2n) is 3.01. The maximum Gasteiger partial charge on any atom is 0.146 e. The molecule has 0 aromatic heterocycles. The van der Waals surface area contributed by atoms with Crippen LogP contribution < -0.4 is 5.73 Å². The number of hydrogen-bond donors (Lipinski definition) is 1. The lowest BCUT2D eigenvalue weighted by molar-refractivity contribution is -0.105. The van der Waals surface area contributed by atoms with Gasteiger partial charge in [0.25, 0.3) is 0 Å². The minimum atomic E-state index is 0.558. The zero-order valence-electron chi connectivity index (χ0n) is 9.62. The van der Waals surface area contributed by atoms with Gasteiger partial charge in [-0.25, -0.2) is 0 Å². The molecule has 0 unspecified atom stereocenters. The molecule has 3 heteroatoms. The third-order valence-electron chi connectivity index (χ3n) is 1.99. The maximum atomic E-state index is 10.5. The standard InChI is InChI=1S/C10H14N2O.C2H6/c1-8-5-10(7-13)6-9(2)12(8)4-3-11;1-2/h5,7H,1-4,6,11H2;1-2H3. The quantitative estimate of drug-likeness (QED) is 0.720. The number of carbonyl (C=O) groups excluding carboxylic acids is 1. The molecule has 1 aliphatic rings. The Morgan fingerprint density at radius 3 is 2.53 bits per heavy atom. The summed E-state index contributed by atoms with van der Waals surface area (Å²) in [6.07, 6.45) is 3.22. The van der Waals surface area contributed by atoms with E-state index in [1.807, 2.05) is 18.7 Å². The van der Waals surface area contributed by atoms with Crippen LogP contribution in [0.25, 0.3) is 0 Å².